The van der Waals surface area contributed by atoms with Gasteiger partial charge in [0, 0.05) is 18.3 Å². The summed E-state index contributed by atoms with van der Waals surface area (Å²) in [7, 11) is 0. The van der Waals surface area contributed by atoms with Crippen molar-refractivity contribution < 1.29 is 0 Å². The summed E-state index contributed by atoms with van der Waals surface area (Å²) in [6, 6.07) is 2.13. The lowest BCUT2D eigenvalue weighted by atomic mass is 9.84. The summed E-state index contributed by atoms with van der Waals surface area (Å²) in [4.78, 5) is 4.21. The van der Waals surface area contributed by atoms with Crippen molar-refractivity contribution in [3.63, 3.8) is 0 Å². The van der Waals surface area contributed by atoms with Crippen LogP contribution in [0.25, 0.3) is 0 Å². The molecule has 0 atom stereocenters. The van der Waals surface area contributed by atoms with Gasteiger partial charge in [0.15, 0.2) is 0 Å². The molecule has 1 aromatic rings. The van der Waals surface area contributed by atoms with E-state index in [1.54, 1.807) is 0 Å². The Balaban J connectivity index is 2.20. The smallest absolute Gasteiger partial charge is 0.133 e. The maximum absolute atomic E-state index is 5.94. The van der Waals surface area contributed by atoms with Crippen molar-refractivity contribution in [2.75, 3.05) is 0 Å². The predicted octanol–water partition coefficient (Wildman–Crippen LogP) is 3.24. The number of aromatic nitrogens is 1. The number of hydrogen-bond donors (Lipinski definition) is 1. The second-order valence-corrected chi connectivity index (χ2v) is 4.62. The molecule has 2 nitrogen and oxygen atoms in total. The molecule has 1 aliphatic rings. The van der Waals surface area contributed by atoms with Crippen LogP contribution in [0.3, 0.4) is 0 Å². The molecule has 2 N–H and O–H groups in total. The molecular formula is C12H17ClN2. The third kappa shape index (κ3) is 2.50. The van der Waals surface area contributed by atoms with Crippen LogP contribution in [0.4, 0.5) is 0 Å². The SMILES string of the molecule is NCc1cc(C2CCCCC2)cnc1Cl. The lowest BCUT2D eigenvalue weighted by Gasteiger charge is -2.22. The van der Waals surface area contributed by atoms with Crippen LogP contribution in [0.5, 0.6) is 0 Å². The van der Waals surface area contributed by atoms with Gasteiger partial charge in [-0.2, -0.15) is 0 Å². The standard InChI is InChI=1S/C12H17ClN2/c13-12-10(7-14)6-11(8-15-12)9-4-2-1-3-5-9/h6,8-9H,1-5,7,14H2. The fraction of sp³-hybridized carbons (Fsp3) is 0.583. The topological polar surface area (TPSA) is 38.9 Å². The molecule has 1 saturated carbocycles. The van der Waals surface area contributed by atoms with E-state index in [1.807, 2.05) is 6.20 Å². The fourth-order valence-corrected chi connectivity index (χ4v) is 2.49. The molecule has 1 fully saturated rings. The summed E-state index contributed by atoms with van der Waals surface area (Å²) >= 11 is 5.94. The van der Waals surface area contributed by atoms with E-state index in [4.69, 9.17) is 17.3 Å². The van der Waals surface area contributed by atoms with Gasteiger partial charge >= 0.3 is 0 Å². The van der Waals surface area contributed by atoms with E-state index in [9.17, 15) is 0 Å². The maximum atomic E-state index is 5.94. The highest BCUT2D eigenvalue weighted by Gasteiger charge is 2.16. The molecule has 0 radical (unpaired) electrons. The van der Waals surface area contributed by atoms with Crippen LogP contribution >= 0.6 is 11.6 Å². The minimum absolute atomic E-state index is 0.479. The van der Waals surface area contributed by atoms with Crippen molar-refractivity contribution in [1.82, 2.24) is 4.98 Å². The van der Waals surface area contributed by atoms with Crippen LogP contribution in [0.15, 0.2) is 12.3 Å². The molecule has 0 aromatic carbocycles. The first-order chi connectivity index (χ1) is 7.31. The van der Waals surface area contributed by atoms with Crippen LogP contribution in [-0.4, -0.2) is 4.98 Å². The summed E-state index contributed by atoms with van der Waals surface area (Å²) in [6.45, 7) is 0.479. The highest BCUT2D eigenvalue weighted by Crippen LogP contribution is 2.33. The van der Waals surface area contributed by atoms with Crippen LogP contribution < -0.4 is 5.73 Å². The molecule has 0 bridgehead atoms. The molecule has 1 aromatic heterocycles. The van der Waals surface area contributed by atoms with Crippen molar-refractivity contribution in [3.05, 3.63) is 28.5 Å². The lowest BCUT2D eigenvalue weighted by Crippen LogP contribution is -2.07. The number of hydrogen-bond acceptors (Lipinski definition) is 2. The Hall–Kier alpha value is -0.600. The van der Waals surface area contributed by atoms with E-state index in [1.165, 1.54) is 37.7 Å². The third-order valence-corrected chi connectivity index (χ3v) is 3.57. The summed E-state index contributed by atoms with van der Waals surface area (Å²) in [5, 5.41) is 0.553. The van der Waals surface area contributed by atoms with Gasteiger partial charge in [0.1, 0.15) is 5.15 Å². The number of rotatable bonds is 2. The molecule has 2 rings (SSSR count). The highest BCUT2D eigenvalue weighted by molar-refractivity contribution is 6.30. The van der Waals surface area contributed by atoms with Gasteiger partial charge in [-0.05, 0) is 30.4 Å². The van der Waals surface area contributed by atoms with Crippen LogP contribution in [-0.2, 0) is 6.54 Å². The lowest BCUT2D eigenvalue weighted by molar-refractivity contribution is 0.442. The number of halogens is 1. The van der Waals surface area contributed by atoms with Gasteiger partial charge < -0.3 is 5.73 Å². The zero-order chi connectivity index (χ0) is 10.7. The number of nitrogens with zero attached hydrogens (tertiary/aromatic N) is 1. The third-order valence-electron chi connectivity index (χ3n) is 3.23. The first-order valence-electron chi connectivity index (χ1n) is 5.65. The van der Waals surface area contributed by atoms with Gasteiger partial charge in [-0.15, -0.1) is 0 Å². The van der Waals surface area contributed by atoms with Gasteiger partial charge in [0.2, 0.25) is 0 Å². The summed E-state index contributed by atoms with van der Waals surface area (Å²) in [6.07, 6.45) is 8.54. The molecule has 0 saturated heterocycles. The van der Waals surface area contributed by atoms with E-state index in [2.05, 4.69) is 11.1 Å². The Morgan fingerprint density at radius 3 is 2.73 bits per heavy atom. The molecule has 0 aliphatic heterocycles. The van der Waals surface area contributed by atoms with E-state index in [0.717, 1.165) is 5.56 Å². The molecule has 15 heavy (non-hydrogen) atoms. The van der Waals surface area contributed by atoms with Crippen molar-refractivity contribution >= 4 is 11.6 Å². The van der Waals surface area contributed by atoms with Gasteiger partial charge in [0.05, 0.1) is 0 Å². The van der Waals surface area contributed by atoms with Gasteiger partial charge in [-0.3, -0.25) is 0 Å². The Morgan fingerprint density at radius 1 is 1.33 bits per heavy atom. The zero-order valence-electron chi connectivity index (χ0n) is 8.88. The highest BCUT2D eigenvalue weighted by atomic mass is 35.5. The average Bonchev–Trinajstić information content (AvgIpc) is 2.31. The summed E-state index contributed by atoms with van der Waals surface area (Å²) in [5.41, 5.74) is 7.92. The van der Waals surface area contributed by atoms with Gasteiger partial charge in [-0.1, -0.05) is 30.9 Å². The molecule has 0 unspecified atom stereocenters. The summed E-state index contributed by atoms with van der Waals surface area (Å²) in [5.74, 6) is 0.675. The molecule has 0 amide bonds. The van der Waals surface area contributed by atoms with E-state index >= 15 is 0 Å². The molecule has 3 heteroatoms. The Kier molecular flexibility index (Phi) is 3.60. The van der Waals surface area contributed by atoms with Gasteiger partial charge in [0.25, 0.3) is 0 Å². The number of nitrogens with two attached hydrogens (primary N) is 1. The number of pyridine rings is 1. The van der Waals surface area contributed by atoms with E-state index < -0.39 is 0 Å². The first kappa shape index (κ1) is 10.9. The Morgan fingerprint density at radius 2 is 2.07 bits per heavy atom. The summed E-state index contributed by atoms with van der Waals surface area (Å²) < 4.78 is 0. The minimum atomic E-state index is 0.479. The molecule has 0 spiro atoms. The van der Waals surface area contributed by atoms with Gasteiger partial charge in [-0.25, -0.2) is 4.98 Å². The van der Waals surface area contributed by atoms with Crippen LogP contribution in [0.1, 0.15) is 49.1 Å². The first-order valence-corrected chi connectivity index (χ1v) is 6.03. The quantitative estimate of drug-likeness (QED) is 0.784. The van der Waals surface area contributed by atoms with Crippen molar-refractivity contribution in [1.29, 1.82) is 0 Å². The predicted molar refractivity (Wildman–Crippen MR) is 63.0 cm³/mol. The fourth-order valence-electron chi connectivity index (χ4n) is 2.31. The molecule has 1 aliphatic carbocycles. The van der Waals surface area contributed by atoms with Crippen molar-refractivity contribution in [2.24, 2.45) is 5.73 Å². The van der Waals surface area contributed by atoms with Crippen molar-refractivity contribution in [2.45, 2.75) is 44.6 Å². The normalized spacial score (nSPS) is 18.0. The largest absolute Gasteiger partial charge is 0.326 e. The molecule has 82 valence electrons. The van der Waals surface area contributed by atoms with Crippen molar-refractivity contribution in [3.8, 4) is 0 Å². The zero-order valence-corrected chi connectivity index (χ0v) is 9.63. The minimum Gasteiger partial charge on any atom is -0.326 e. The Bertz CT molecular complexity index is 332. The molecular weight excluding hydrogens is 208 g/mol. The average molecular weight is 225 g/mol. The van der Waals surface area contributed by atoms with E-state index in [-0.39, 0.29) is 0 Å². The Labute approximate surface area is 95.8 Å². The monoisotopic (exact) mass is 224 g/mol. The van der Waals surface area contributed by atoms with Crippen LogP contribution in [0.2, 0.25) is 5.15 Å². The van der Waals surface area contributed by atoms with Crippen LogP contribution in [0, 0.1) is 0 Å². The second-order valence-electron chi connectivity index (χ2n) is 4.26. The maximum Gasteiger partial charge on any atom is 0.133 e. The second kappa shape index (κ2) is 4.95. The van der Waals surface area contributed by atoms with E-state index in [0.29, 0.717) is 17.6 Å². The molecule has 1 heterocycles.